The van der Waals surface area contributed by atoms with Crippen LogP contribution >= 0.6 is 0 Å². The molecular formula is C17H21NO2. The molecule has 2 N–H and O–H groups in total. The van der Waals surface area contributed by atoms with E-state index in [9.17, 15) is 0 Å². The number of nitrogen functional groups attached to an aromatic ring is 1. The van der Waals surface area contributed by atoms with Crippen molar-refractivity contribution in [2.75, 3.05) is 12.8 Å². The van der Waals surface area contributed by atoms with Crippen LogP contribution < -0.4 is 15.2 Å². The second-order valence-corrected chi connectivity index (χ2v) is 5.78. The van der Waals surface area contributed by atoms with Gasteiger partial charge in [0, 0.05) is 6.07 Å². The molecule has 0 amide bonds. The van der Waals surface area contributed by atoms with Gasteiger partial charge < -0.3 is 15.2 Å². The molecule has 0 radical (unpaired) electrons. The Balaban J connectivity index is 2.30. The average Bonchev–Trinajstić information content (AvgIpc) is 2.41. The summed E-state index contributed by atoms with van der Waals surface area (Å²) in [6, 6.07) is 13.4. The quantitative estimate of drug-likeness (QED) is 0.843. The van der Waals surface area contributed by atoms with Gasteiger partial charge in [-0.05, 0) is 35.2 Å². The molecule has 3 nitrogen and oxygen atoms in total. The molecule has 0 bridgehead atoms. The zero-order valence-corrected chi connectivity index (χ0v) is 12.4. The minimum atomic E-state index is 0.0826. The van der Waals surface area contributed by atoms with E-state index in [0.29, 0.717) is 11.4 Å². The van der Waals surface area contributed by atoms with Crippen LogP contribution in [0.5, 0.6) is 17.2 Å². The Hall–Kier alpha value is -2.16. The first-order valence-electron chi connectivity index (χ1n) is 6.62. The predicted octanol–water partition coefficient (Wildman–Crippen LogP) is 4.37. The van der Waals surface area contributed by atoms with E-state index in [-0.39, 0.29) is 5.41 Å². The molecular weight excluding hydrogens is 250 g/mol. The van der Waals surface area contributed by atoms with Crippen molar-refractivity contribution in [2.24, 2.45) is 0 Å². The summed E-state index contributed by atoms with van der Waals surface area (Å²) in [6.45, 7) is 6.52. The first kappa shape index (κ1) is 14.3. The van der Waals surface area contributed by atoms with Gasteiger partial charge in [-0.15, -0.1) is 0 Å². The van der Waals surface area contributed by atoms with E-state index in [2.05, 4.69) is 26.8 Å². The van der Waals surface area contributed by atoms with Crippen molar-refractivity contribution in [1.82, 2.24) is 0 Å². The number of ether oxygens (including phenoxy) is 2. The first-order chi connectivity index (χ1) is 9.40. The summed E-state index contributed by atoms with van der Waals surface area (Å²) in [4.78, 5) is 0. The van der Waals surface area contributed by atoms with Gasteiger partial charge in [-0.2, -0.15) is 0 Å². The highest BCUT2D eigenvalue weighted by molar-refractivity contribution is 5.57. The number of anilines is 1. The van der Waals surface area contributed by atoms with E-state index in [4.69, 9.17) is 15.2 Å². The molecule has 2 aromatic rings. The van der Waals surface area contributed by atoms with Crippen molar-refractivity contribution in [3.8, 4) is 17.2 Å². The first-order valence-corrected chi connectivity index (χ1v) is 6.62. The lowest BCUT2D eigenvalue weighted by atomic mass is 9.87. The van der Waals surface area contributed by atoms with Crippen LogP contribution in [0, 0.1) is 0 Å². The molecule has 0 spiro atoms. The van der Waals surface area contributed by atoms with Crippen molar-refractivity contribution in [2.45, 2.75) is 26.2 Å². The minimum absolute atomic E-state index is 0.0826. The van der Waals surface area contributed by atoms with Crippen LogP contribution in [0.2, 0.25) is 0 Å². The highest BCUT2D eigenvalue weighted by atomic mass is 16.5. The van der Waals surface area contributed by atoms with Crippen molar-refractivity contribution < 1.29 is 9.47 Å². The van der Waals surface area contributed by atoms with Crippen LogP contribution in [0.4, 0.5) is 5.69 Å². The predicted molar refractivity (Wildman–Crippen MR) is 82.6 cm³/mol. The monoisotopic (exact) mass is 271 g/mol. The summed E-state index contributed by atoms with van der Waals surface area (Å²) in [5.74, 6) is 2.11. The fraction of sp³-hybridized carbons (Fsp3) is 0.294. The van der Waals surface area contributed by atoms with E-state index in [1.54, 1.807) is 19.2 Å². The number of rotatable bonds is 3. The Morgan fingerprint density at radius 3 is 2.35 bits per heavy atom. The van der Waals surface area contributed by atoms with Crippen molar-refractivity contribution in [3.05, 3.63) is 48.0 Å². The van der Waals surface area contributed by atoms with Crippen LogP contribution in [0.15, 0.2) is 42.5 Å². The Labute approximate surface area is 120 Å². The molecule has 2 rings (SSSR count). The molecule has 0 aliphatic carbocycles. The van der Waals surface area contributed by atoms with Crippen molar-refractivity contribution in [1.29, 1.82) is 0 Å². The Morgan fingerprint density at radius 2 is 1.70 bits per heavy atom. The molecule has 0 heterocycles. The molecule has 2 aromatic carbocycles. The summed E-state index contributed by atoms with van der Waals surface area (Å²) >= 11 is 0. The average molecular weight is 271 g/mol. The fourth-order valence-electron chi connectivity index (χ4n) is 1.88. The summed E-state index contributed by atoms with van der Waals surface area (Å²) in [6.07, 6.45) is 0. The topological polar surface area (TPSA) is 44.5 Å². The van der Waals surface area contributed by atoms with Gasteiger partial charge in [0.15, 0.2) is 5.75 Å². The molecule has 0 fully saturated rings. The van der Waals surface area contributed by atoms with Gasteiger partial charge in [0.25, 0.3) is 0 Å². The van der Waals surface area contributed by atoms with Crippen molar-refractivity contribution in [3.63, 3.8) is 0 Å². The Morgan fingerprint density at radius 1 is 0.950 bits per heavy atom. The normalized spacial score (nSPS) is 11.2. The summed E-state index contributed by atoms with van der Waals surface area (Å²) in [5, 5.41) is 0. The standard InChI is InChI=1S/C17H21NO2/c1-17(2,3)12-6-5-7-14(10-12)20-16-11-13(19-4)8-9-15(16)18/h5-11H,18H2,1-4H3. The number of methoxy groups -OCH3 is 1. The third-order valence-electron chi connectivity index (χ3n) is 3.15. The van der Waals surface area contributed by atoms with E-state index >= 15 is 0 Å². The second kappa shape index (κ2) is 5.45. The van der Waals surface area contributed by atoms with Crippen LogP contribution in [-0.4, -0.2) is 7.11 Å². The van der Waals surface area contributed by atoms with Gasteiger partial charge in [-0.1, -0.05) is 32.9 Å². The summed E-state index contributed by atoms with van der Waals surface area (Å²) in [5.41, 5.74) is 7.83. The number of nitrogens with two attached hydrogens (primary N) is 1. The Bertz CT molecular complexity index is 600. The molecule has 0 aromatic heterocycles. The third-order valence-corrected chi connectivity index (χ3v) is 3.15. The van der Waals surface area contributed by atoms with Crippen LogP contribution in [0.1, 0.15) is 26.3 Å². The molecule has 0 saturated carbocycles. The van der Waals surface area contributed by atoms with Gasteiger partial charge >= 0.3 is 0 Å². The van der Waals surface area contributed by atoms with Crippen molar-refractivity contribution >= 4 is 5.69 Å². The molecule has 0 atom stereocenters. The highest BCUT2D eigenvalue weighted by Crippen LogP contribution is 2.33. The van der Waals surface area contributed by atoms with Gasteiger partial charge in [-0.25, -0.2) is 0 Å². The lowest BCUT2D eigenvalue weighted by molar-refractivity contribution is 0.409. The van der Waals surface area contributed by atoms with Gasteiger partial charge in [-0.3, -0.25) is 0 Å². The van der Waals surface area contributed by atoms with Gasteiger partial charge in [0.05, 0.1) is 12.8 Å². The largest absolute Gasteiger partial charge is 0.497 e. The number of benzene rings is 2. The smallest absolute Gasteiger partial charge is 0.153 e. The van der Waals surface area contributed by atoms with Crippen LogP contribution in [0.3, 0.4) is 0 Å². The zero-order valence-electron chi connectivity index (χ0n) is 12.4. The van der Waals surface area contributed by atoms with E-state index in [0.717, 1.165) is 11.5 Å². The maximum atomic E-state index is 5.94. The van der Waals surface area contributed by atoms with E-state index in [1.165, 1.54) is 5.56 Å². The van der Waals surface area contributed by atoms with Gasteiger partial charge in [0.1, 0.15) is 11.5 Å². The second-order valence-electron chi connectivity index (χ2n) is 5.78. The summed E-state index contributed by atoms with van der Waals surface area (Å²) in [7, 11) is 1.62. The SMILES string of the molecule is COc1ccc(N)c(Oc2cccc(C(C)(C)C)c2)c1. The lowest BCUT2D eigenvalue weighted by Crippen LogP contribution is -2.10. The molecule has 3 heteroatoms. The molecule has 0 aliphatic heterocycles. The lowest BCUT2D eigenvalue weighted by Gasteiger charge is -2.20. The molecule has 20 heavy (non-hydrogen) atoms. The minimum Gasteiger partial charge on any atom is -0.497 e. The highest BCUT2D eigenvalue weighted by Gasteiger charge is 2.14. The number of hydrogen-bond acceptors (Lipinski definition) is 3. The molecule has 0 aliphatic rings. The van der Waals surface area contributed by atoms with E-state index < -0.39 is 0 Å². The fourth-order valence-corrected chi connectivity index (χ4v) is 1.88. The maximum absolute atomic E-state index is 5.94. The zero-order chi connectivity index (χ0) is 14.8. The molecule has 0 saturated heterocycles. The molecule has 0 unspecified atom stereocenters. The van der Waals surface area contributed by atoms with E-state index in [1.807, 2.05) is 24.3 Å². The number of hydrogen-bond donors (Lipinski definition) is 1. The summed E-state index contributed by atoms with van der Waals surface area (Å²) < 4.78 is 11.1. The Kier molecular flexibility index (Phi) is 3.89. The van der Waals surface area contributed by atoms with Gasteiger partial charge in [0.2, 0.25) is 0 Å². The molecule has 106 valence electrons. The third kappa shape index (κ3) is 3.23. The van der Waals surface area contributed by atoms with Crippen LogP contribution in [-0.2, 0) is 5.41 Å². The van der Waals surface area contributed by atoms with Crippen LogP contribution in [0.25, 0.3) is 0 Å². The maximum Gasteiger partial charge on any atom is 0.153 e.